The van der Waals surface area contributed by atoms with Gasteiger partial charge in [0.15, 0.2) is 0 Å². The van der Waals surface area contributed by atoms with Crippen molar-refractivity contribution in [3.05, 3.63) is 0 Å². The van der Waals surface area contributed by atoms with Crippen LogP contribution in [-0.2, 0) is 4.79 Å². The molecule has 1 aliphatic heterocycles. The van der Waals surface area contributed by atoms with Crippen LogP contribution in [0.3, 0.4) is 0 Å². The van der Waals surface area contributed by atoms with Crippen LogP contribution in [0.1, 0.15) is 52.9 Å². The van der Waals surface area contributed by atoms with E-state index in [-0.39, 0.29) is 0 Å². The van der Waals surface area contributed by atoms with E-state index in [1.165, 1.54) is 19.4 Å². The fourth-order valence-electron chi connectivity index (χ4n) is 3.62. The van der Waals surface area contributed by atoms with Gasteiger partial charge in [0.25, 0.3) is 0 Å². The quantitative estimate of drug-likeness (QED) is 0.751. The maximum Gasteiger partial charge on any atom is 0.137 e. The number of carbonyl (C=O) groups is 1. The van der Waals surface area contributed by atoms with Gasteiger partial charge < -0.3 is 0 Å². The molecule has 2 fully saturated rings. The number of Topliss-reactive ketones (excluding diaryl/α,β-unsaturated/α-hetero) is 1. The fourth-order valence-corrected chi connectivity index (χ4v) is 3.62. The zero-order valence-corrected chi connectivity index (χ0v) is 11.6. The lowest BCUT2D eigenvalue weighted by molar-refractivity contribution is -0.126. The third kappa shape index (κ3) is 3.09. The van der Waals surface area contributed by atoms with E-state index >= 15 is 0 Å². The minimum atomic E-state index is 0.332. The minimum absolute atomic E-state index is 0.332. The van der Waals surface area contributed by atoms with Crippen molar-refractivity contribution >= 4 is 5.78 Å². The number of hydrogen-bond donors (Lipinski definition) is 0. The van der Waals surface area contributed by atoms with Crippen molar-refractivity contribution in [1.29, 1.82) is 0 Å². The molecule has 0 aromatic heterocycles. The molecule has 0 radical (unpaired) electrons. The highest BCUT2D eigenvalue weighted by Crippen LogP contribution is 2.30. The highest BCUT2D eigenvalue weighted by molar-refractivity contribution is 5.81. The van der Waals surface area contributed by atoms with E-state index in [1.807, 2.05) is 0 Å². The van der Waals surface area contributed by atoms with E-state index in [4.69, 9.17) is 0 Å². The van der Waals surface area contributed by atoms with E-state index in [1.54, 1.807) is 0 Å². The first kappa shape index (κ1) is 13.1. The van der Waals surface area contributed by atoms with Crippen molar-refractivity contribution in [1.82, 2.24) is 4.90 Å². The summed E-state index contributed by atoms with van der Waals surface area (Å²) in [5.41, 5.74) is 0. The monoisotopic (exact) mass is 237 g/mol. The molecule has 1 saturated heterocycles. The van der Waals surface area contributed by atoms with E-state index in [2.05, 4.69) is 25.7 Å². The number of carbonyl (C=O) groups excluding carboxylic acids is 1. The van der Waals surface area contributed by atoms with Gasteiger partial charge in [0.2, 0.25) is 0 Å². The van der Waals surface area contributed by atoms with Crippen LogP contribution in [0.2, 0.25) is 0 Å². The normalized spacial score (nSPS) is 35.8. The van der Waals surface area contributed by atoms with Gasteiger partial charge in [-0.2, -0.15) is 0 Å². The van der Waals surface area contributed by atoms with Crippen molar-refractivity contribution < 1.29 is 4.79 Å². The van der Waals surface area contributed by atoms with E-state index < -0.39 is 0 Å². The van der Waals surface area contributed by atoms with Crippen molar-refractivity contribution in [2.75, 3.05) is 13.1 Å². The van der Waals surface area contributed by atoms with E-state index in [0.29, 0.717) is 11.7 Å². The van der Waals surface area contributed by atoms with Crippen LogP contribution in [0.5, 0.6) is 0 Å². The molecule has 2 nitrogen and oxygen atoms in total. The largest absolute Gasteiger partial charge is 0.299 e. The summed E-state index contributed by atoms with van der Waals surface area (Å²) in [4.78, 5) is 14.6. The predicted molar refractivity (Wildman–Crippen MR) is 70.9 cm³/mol. The molecule has 1 saturated carbocycles. The second-order valence-corrected chi connectivity index (χ2v) is 6.49. The van der Waals surface area contributed by atoms with Gasteiger partial charge in [-0.15, -0.1) is 0 Å². The Labute approximate surface area is 106 Å². The van der Waals surface area contributed by atoms with Crippen LogP contribution in [0.15, 0.2) is 0 Å². The molecule has 2 aliphatic rings. The van der Waals surface area contributed by atoms with Crippen LogP contribution < -0.4 is 0 Å². The van der Waals surface area contributed by atoms with Gasteiger partial charge in [0.1, 0.15) is 5.78 Å². The van der Waals surface area contributed by atoms with Crippen LogP contribution in [0, 0.1) is 17.8 Å². The smallest absolute Gasteiger partial charge is 0.137 e. The van der Waals surface area contributed by atoms with Crippen molar-refractivity contribution in [2.45, 2.75) is 58.9 Å². The first-order valence-electron chi connectivity index (χ1n) is 7.34. The molecule has 2 rings (SSSR count). The molecule has 0 spiro atoms. The van der Waals surface area contributed by atoms with Crippen LogP contribution in [0.25, 0.3) is 0 Å². The van der Waals surface area contributed by atoms with Gasteiger partial charge >= 0.3 is 0 Å². The zero-order valence-electron chi connectivity index (χ0n) is 11.6. The van der Waals surface area contributed by atoms with E-state index in [0.717, 1.165) is 43.7 Å². The SMILES string of the molecule is CC1CCC(=O)C(CN2CCCC2C(C)C)C1. The molecule has 2 heteroatoms. The number of ketones is 1. The maximum absolute atomic E-state index is 12.0. The first-order valence-corrected chi connectivity index (χ1v) is 7.34. The molecule has 1 heterocycles. The molecule has 3 atom stereocenters. The van der Waals surface area contributed by atoms with Crippen LogP contribution in [-0.4, -0.2) is 29.8 Å². The predicted octanol–water partition coefficient (Wildman–Crippen LogP) is 3.11. The number of rotatable bonds is 3. The summed E-state index contributed by atoms with van der Waals surface area (Å²) >= 11 is 0. The molecule has 0 N–H and O–H groups in total. The summed E-state index contributed by atoms with van der Waals surface area (Å²) in [6.45, 7) is 9.17. The lowest BCUT2D eigenvalue weighted by atomic mass is 9.81. The third-order valence-electron chi connectivity index (χ3n) is 4.66. The highest BCUT2D eigenvalue weighted by atomic mass is 16.1. The average Bonchev–Trinajstić information content (AvgIpc) is 2.71. The van der Waals surface area contributed by atoms with Crippen molar-refractivity contribution in [2.24, 2.45) is 17.8 Å². The summed E-state index contributed by atoms with van der Waals surface area (Å²) in [5.74, 6) is 2.34. The molecule has 0 bridgehead atoms. The molecule has 0 aromatic rings. The summed E-state index contributed by atoms with van der Waals surface area (Å²) in [5, 5.41) is 0. The Hall–Kier alpha value is -0.370. The van der Waals surface area contributed by atoms with Crippen molar-refractivity contribution in [3.8, 4) is 0 Å². The third-order valence-corrected chi connectivity index (χ3v) is 4.66. The van der Waals surface area contributed by atoms with Crippen molar-refractivity contribution in [3.63, 3.8) is 0 Å². The molecule has 3 unspecified atom stereocenters. The molecular weight excluding hydrogens is 210 g/mol. The molecule has 1 aliphatic carbocycles. The second kappa shape index (κ2) is 5.51. The second-order valence-electron chi connectivity index (χ2n) is 6.49. The van der Waals surface area contributed by atoms with Gasteiger partial charge in [0.05, 0.1) is 0 Å². The summed E-state index contributed by atoms with van der Waals surface area (Å²) in [7, 11) is 0. The lowest BCUT2D eigenvalue weighted by Crippen LogP contribution is -2.40. The van der Waals surface area contributed by atoms with Gasteiger partial charge in [-0.05, 0) is 44.1 Å². The summed E-state index contributed by atoms with van der Waals surface area (Å²) < 4.78 is 0. The molecular formula is C15H27NO. The van der Waals surface area contributed by atoms with E-state index in [9.17, 15) is 4.79 Å². The minimum Gasteiger partial charge on any atom is -0.299 e. The average molecular weight is 237 g/mol. The van der Waals surface area contributed by atoms with Gasteiger partial charge in [-0.1, -0.05) is 20.8 Å². The standard InChI is InChI=1S/C15H27NO/c1-11(2)14-5-4-8-16(14)10-13-9-12(3)6-7-15(13)17/h11-14H,4-10H2,1-3H3. The van der Waals surface area contributed by atoms with Gasteiger partial charge in [-0.3, -0.25) is 9.69 Å². The Morgan fingerprint density at radius 1 is 1.35 bits per heavy atom. The molecule has 0 aromatic carbocycles. The highest BCUT2D eigenvalue weighted by Gasteiger charge is 2.33. The van der Waals surface area contributed by atoms with Crippen LogP contribution in [0.4, 0.5) is 0 Å². The molecule has 98 valence electrons. The lowest BCUT2D eigenvalue weighted by Gasteiger charge is -2.33. The molecule has 0 amide bonds. The first-order chi connectivity index (χ1) is 8.08. The topological polar surface area (TPSA) is 20.3 Å². The Bertz CT molecular complexity index is 274. The number of likely N-dealkylation sites (tertiary alicyclic amines) is 1. The summed E-state index contributed by atoms with van der Waals surface area (Å²) in [6, 6.07) is 0.722. The van der Waals surface area contributed by atoms with Gasteiger partial charge in [0, 0.05) is 24.9 Å². The maximum atomic E-state index is 12.0. The summed E-state index contributed by atoms with van der Waals surface area (Å²) in [6.07, 6.45) is 5.71. The Kier molecular flexibility index (Phi) is 4.24. The fraction of sp³-hybridized carbons (Fsp3) is 0.933. The zero-order chi connectivity index (χ0) is 12.4. The molecule has 17 heavy (non-hydrogen) atoms. The Morgan fingerprint density at radius 2 is 2.12 bits per heavy atom. The Morgan fingerprint density at radius 3 is 2.82 bits per heavy atom. The number of nitrogens with zero attached hydrogens (tertiary/aromatic N) is 1. The Balaban J connectivity index is 1.92. The number of hydrogen-bond acceptors (Lipinski definition) is 2. The van der Waals surface area contributed by atoms with Gasteiger partial charge in [-0.25, -0.2) is 0 Å². The van der Waals surface area contributed by atoms with Crippen LogP contribution >= 0.6 is 0 Å².